The van der Waals surface area contributed by atoms with Crippen LogP contribution in [0, 0.1) is 0 Å². The molecule has 204 valence electrons. The van der Waals surface area contributed by atoms with E-state index in [1.807, 2.05) is 35.8 Å². The van der Waals surface area contributed by atoms with E-state index in [2.05, 4.69) is 4.98 Å². The maximum absolute atomic E-state index is 13.0. The van der Waals surface area contributed by atoms with Crippen LogP contribution in [0.4, 0.5) is 5.69 Å². The minimum Gasteiger partial charge on any atom is -0.379 e. The van der Waals surface area contributed by atoms with Gasteiger partial charge in [0.2, 0.25) is 14.8 Å². The molecule has 5 aromatic rings. The van der Waals surface area contributed by atoms with E-state index in [-0.39, 0.29) is 4.90 Å². The van der Waals surface area contributed by atoms with Gasteiger partial charge in [-0.2, -0.15) is 9.41 Å². The second-order valence-electron chi connectivity index (χ2n) is 9.00. The summed E-state index contributed by atoms with van der Waals surface area (Å²) in [6.45, 7) is 1.46. The van der Waals surface area contributed by atoms with Crippen LogP contribution in [0.3, 0.4) is 0 Å². The lowest BCUT2D eigenvalue weighted by atomic mass is 10.2. The van der Waals surface area contributed by atoms with Crippen molar-refractivity contribution in [3.63, 3.8) is 0 Å². The molecular weight excluding hydrogens is 589 g/mol. The van der Waals surface area contributed by atoms with Gasteiger partial charge in [0.05, 0.1) is 40.7 Å². The minimum absolute atomic E-state index is 0.219. The fourth-order valence-corrected chi connectivity index (χ4v) is 7.07. The van der Waals surface area contributed by atoms with Crippen molar-refractivity contribution in [1.29, 1.82) is 0 Å². The molecular formula is C28H23Cl2N5O3S2. The average molecular weight is 613 g/mol. The first-order valence-corrected chi connectivity index (χ1v) is 15.5. The van der Waals surface area contributed by atoms with E-state index in [9.17, 15) is 8.42 Å². The first kappa shape index (κ1) is 26.9. The summed E-state index contributed by atoms with van der Waals surface area (Å²) < 4.78 is 34.5. The Balaban J connectivity index is 1.41. The van der Waals surface area contributed by atoms with E-state index in [1.165, 1.54) is 15.6 Å². The molecule has 1 saturated heterocycles. The van der Waals surface area contributed by atoms with Gasteiger partial charge < -0.3 is 9.72 Å². The number of aromatic nitrogens is 2. The number of benzene rings is 3. The lowest BCUT2D eigenvalue weighted by molar-refractivity contribution is 0.0730. The molecule has 0 spiro atoms. The van der Waals surface area contributed by atoms with Crippen molar-refractivity contribution in [3.8, 4) is 11.3 Å². The highest BCUT2D eigenvalue weighted by Gasteiger charge is 2.26. The molecule has 1 aliphatic rings. The Morgan fingerprint density at radius 1 is 1.00 bits per heavy atom. The van der Waals surface area contributed by atoms with Crippen molar-refractivity contribution in [2.24, 2.45) is 10.1 Å². The highest BCUT2D eigenvalue weighted by Crippen LogP contribution is 2.31. The van der Waals surface area contributed by atoms with E-state index >= 15 is 0 Å². The number of nitrogens with one attached hydrogen (secondary N) is 1. The summed E-state index contributed by atoms with van der Waals surface area (Å²) in [5, 5.41) is 8.83. The van der Waals surface area contributed by atoms with Crippen LogP contribution in [-0.4, -0.2) is 54.9 Å². The molecule has 0 bridgehead atoms. The predicted molar refractivity (Wildman–Crippen MR) is 160 cm³/mol. The van der Waals surface area contributed by atoms with Crippen LogP contribution in [0.25, 0.3) is 22.2 Å². The lowest BCUT2D eigenvalue weighted by Crippen LogP contribution is -2.40. The number of morpholine rings is 1. The van der Waals surface area contributed by atoms with Crippen molar-refractivity contribution in [1.82, 2.24) is 14.0 Å². The van der Waals surface area contributed by atoms with Gasteiger partial charge in [0.25, 0.3) is 0 Å². The molecule has 12 heteroatoms. The molecule has 0 atom stereocenters. The molecule has 6 rings (SSSR count). The number of ether oxygens (including phenoxy) is 1. The molecule has 3 heterocycles. The van der Waals surface area contributed by atoms with E-state index in [0.29, 0.717) is 46.8 Å². The molecule has 1 N–H and O–H groups in total. The molecule has 0 unspecified atom stereocenters. The van der Waals surface area contributed by atoms with Gasteiger partial charge in [-0.15, -0.1) is 11.3 Å². The van der Waals surface area contributed by atoms with Crippen LogP contribution < -0.4 is 4.80 Å². The van der Waals surface area contributed by atoms with E-state index in [0.717, 1.165) is 27.7 Å². The zero-order chi connectivity index (χ0) is 27.7. The maximum Gasteiger partial charge on any atom is 0.243 e. The highest BCUT2D eigenvalue weighted by atomic mass is 35.5. The molecule has 3 aromatic carbocycles. The second-order valence-corrected chi connectivity index (χ2v) is 12.6. The monoisotopic (exact) mass is 611 g/mol. The SMILES string of the molecule is O=S(=O)(c1ccc(N=c2scc(-c3cc(Cl)ccc3Cl)n2N=Cc2c[nH]c3ccccc23)cc1)N1CCOCC1. The fraction of sp³-hybridized carbons (Fsp3) is 0.143. The topological polar surface area (TPSA) is 92.0 Å². The van der Waals surface area contributed by atoms with Gasteiger partial charge in [0.15, 0.2) is 0 Å². The van der Waals surface area contributed by atoms with Gasteiger partial charge in [0, 0.05) is 51.7 Å². The maximum atomic E-state index is 13.0. The summed E-state index contributed by atoms with van der Waals surface area (Å²) in [7, 11) is -3.60. The lowest BCUT2D eigenvalue weighted by Gasteiger charge is -2.26. The Labute approximate surface area is 244 Å². The second kappa shape index (κ2) is 11.3. The number of aromatic amines is 1. The number of fused-ring (bicyclic) bond motifs is 1. The van der Waals surface area contributed by atoms with Crippen LogP contribution >= 0.6 is 34.5 Å². The zero-order valence-electron chi connectivity index (χ0n) is 21.0. The number of H-pyrrole nitrogens is 1. The summed E-state index contributed by atoms with van der Waals surface area (Å²) in [4.78, 5) is 8.84. The molecule has 2 aromatic heterocycles. The van der Waals surface area contributed by atoms with Crippen LogP contribution in [-0.2, 0) is 14.8 Å². The number of rotatable bonds is 6. The Morgan fingerprint density at radius 3 is 2.58 bits per heavy atom. The predicted octanol–water partition coefficient (Wildman–Crippen LogP) is 6.14. The smallest absolute Gasteiger partial charge is 0.243 e. The van der Waals surface area contributed by atoms with Crippen molar-refractivity contribution < 1.29 is 13.2 Å². The minimum atomic E-state index is -3.60. The van der Waals surface area contributed by atoms with Gasteiger partial charge in [-0.1, -0.05) is 41.4 Å². The van der Waals surface area contributed by atoms with Crippen molar-refractivity contribution in [3.05, 3.63) is 98.7 Å². The van der Waals surface area contributed by atoms with E-state index < -0.39 is 10.0 Å². The Hall–Kier alpha value is -3.25. The number of thiazole rings is 1. The Bertz CT molecular complexity index is 1890. The number of halogens is 2. The fourth-order valence-electron chi connectivity index (χ4n) is 4.43. The standard InChI is InChI=1S/C28H23Cl2N5O3S2/c29-20-5-10-25(30)24(15-20)27-18-39-28(35(27)32-17-19-16-31-26-4-2-1-3-23(19)26)33-21-6-8-22(9-7-21)40(36,37)34-11-13-38-14-12-34/h1-10,15-18,31H,11-14H2. The number of hydrogen-bond acceptors (Lipinski definition) is 6. The quantitative estimate of drug-likeness (QED) is 0.234. The van der Waals surface area contributed by atoms with Crippen molar-refractivity contribution in [2.45, 2.75) is 4.90 Å². The van der Waals surface area contributed by atoms with Crippen molar-refractivity contribution in [2.75, 3.05) is 26.3 Å². The molecule has 0 radical (unpaired) electrons. The van der Waals surface area contributed by atoms with Gasteiger partial charge in [-0.25, -0.2) is 18.1 Å². The third-order valence-electron chi connectivity index (χ3n) is 6.49. The molecule has 1 aliphatic heterocycles. The Kier molecular flexibility index (Phi) is 7.63. The first-order chi connectivity index (χ1) is 19.4. The zero-order valence-corrected chi connectivity index (χ0v) is 24.1. The van der Waals surface area contributed by atoms with Crippen molar-refractivity contribution >= 4 is 67.4 Å². The largest absolute Gasteiger partial charge is 0.379 e. The summed E-state index contributed by atoms with van der Waals surface area (Å²) >= 11 is 14.2. The average Bonchev–Trinajstić information content (AvgIpc) is 3.57. The highest BCUT2D eigenvalue weighted by molar-refractivity contribution is 7.89. The normalized spacial score (nSPS) is 15.4. The molecule has 40 heavy (non-hydrogen) atoms. The van der Waals surface area contributed by atoms with Gasteiger partial charge in [-0.3, -0.25) is 0 Å². The third-order valence-corrected chi connectivity index (χ3v) is 9.79. The molecule has 8 nitrogen and oxygen atoms in total. The summed E-state index contributed by atoms with van der Waals surface area (Å²) in [5.41, 5.74) is 3.95. The number of nitrogens with zero attached hydrogens (tertiary/aromatic N) is 4. The van der Waals surface area contributed by atoms with E-state index in [1.54, 1.807) is 53.4 Å². The molecule has 0 amide bonds. The number of para-hydroxylation sites is 1. The van der Waals surface area contributed by atoms with Crippen LogP contribution in [0.2, 0.25) is 10.0 Å². The van der Waals surface area contributed by atoms with E-state index in [4.69, 9.17) is 38.0 Å². The van der Waals surface area contributed by atoms with Gasteiger partial charge in [0.1, 0.15) is 0 Å². The molecule has 0 saturated carbocycles. The van der Waals surface area contributed by atoms with Crippen LogP contribution in [0.15, 0.2) is 93.3 Å². The van der Waals surface area contributed by atoms with Crippen LogP contribution in [0.5, 0.6) is 0 Å². The van der Waals surface area contributed by atoms with Crippen LogP contribution in [0.1, 0.15) is 5.56 Å². The number of hydrogen-bond donors (Lipinski definition) is 1. The Morgan fingerprint density at radius 2 is 1.77 bits per heavy atom. The van der Waals surface area contributed by atoms with Gasteiger partial charge >= 0.3 is 0 Å². The third kappa shape index (κ3) is 5.38. The summed E-state index contributed by atoms with van der Waals surface area (Å²) in [6, 6.07) is 19.8. The number of sulfonamides is 1. The molecule has 0 aliphatic carbocycles. The summed E-state index contributed by atoms with van der Waals surface area (Å²) in [5.74, 6) is 0. The molecule has 1 fully saturated rings. The van der Waals surface area contributed by atoms with Gasteiger partial charge in [-0.05, 0) is 48.5 Å². The first-order valence-electron chi connectivity index (χ1n) is 12.4. The summed E-state index contributed by atoms with van der Waals surface area (Å²) in [6.07, 6.45) is 3.67.